The molecule has 2 N–H and O–H groups in total. The van der Waals surface area contributed by atoms with Gasteiger partial charge in [-0.25, -0.2) is 4.98 Å². The van der Waals surface area contributed by atoms with E-state index in [-0.39, 0.29) is 11.8 Å². The van der Waals surface area contributed by atoms with E-state index in [0.717, 1.165) is 16.8 Å². The van der Waals surface area contributed by atoms with Gasteiger partial charge in [0.1, 0.15) is 11.6 Å². The van der Waals surface area contributed by atoms with Gasteiger partial charge in [-0.1, -0.05) is 29.8 Å². The maximum Gasteiger partial charge on any atom is 0.573 e. The number of halogens is 4. The van der Waals surface area contributed by atoms with Crippen LogP contribution in [-0.2, 0) is 0 Å². The molecule has 0 aliphatic carbocycles. The van der Waals surface area contributed by atoms with Crippen molar-refractivity contribution in [1.82, 2.24) is 9.97 Å². The van der Waals surface area contributed by atoms with E-state index in [0.29, 0.717) is 28.0 Å². The van der Waals surface area contributed by atoms with Gasteiger partial charge in [0.15, 0.2) is 0 Å². The number of alkyl halides is 3. The number of aromatic nitrogens is 2. The lowest BCUT2D eigenvalue weighted by molar-refractivity contribution is -0.274. The lowest BCUT2D eigenvalue weighted by atomic mass is 10.1. The lowest BCUT2D eigenvalue weighted by Gasteiger charge is -2.16. The smallest absolute Gasteiger partial charge is 0.406 e. The molecular formula is C22H22ClF3N4O. The van der Waals surface area contributed by atoms with Gasteiger partial charge < -0.3 is 15.4 Å². The Bertz CT molecular complexity index is 1090. The summed E-state index contributed by atoms with van der Waals surface area (Å²) in [7, 11) is 0. The van der Waals surface area contributed by atoms with Gasteiger partial charge in [-0.15, -0.1) is 13.2 Å². The molecule has 0 radical (unpaired) electrons. The number of rotatable bonds is 6. The number of benzene rings is 2. The predicted molar refractivity (Wildman–Crippen MR) is 117 cm³/mol. The third-order valence-electron chi connectivity index (χ3n) is 4.37. The summed E-state index contributed by atoms with van der Waals surface area (Å²) in [5, 5.41) is 7.02. The molecule has 2 aromatic carbocycles. The predicted octanol–water partition coefficient (Wildman–Crippen LogP) is 6.88. The molecule has 31 heavy (non-hydrogen) atoms. The largest absolute Gasteiger partial charge is 0.573 e. The first-order chi connectivity index (χ1) is 14.5. The van der Waals surface area contributed by atoms with Gasteiger partial charge in [0.25, 0.3) is 0 Å². The first-order valence-electron chi connectivity index (χ1n) is 9.56. The molecule has 3 rings (SSSR count). The summed E-state index contributed by atoms with van der Waals surface area (Å²) in [5.74, 6) is 0.497. The normalized spacial score (nSPS) is 11.5. The molecule has 9 heteroatoms. The van der Waals surface area contributed by atoms with Crippen molar-refractivity contribution in [3.63, 3.8) is 0 Å². The third kappa shape index (κ3) is 6.01. The van der Waals surface area contributed by atoms with Gasteiger partial charge in [-0.2, -0.15) is 4.98 Å². The molecule has 3 aromatic rings. The second kappa shape index (κ2) is 9.01. The van der Waals surface area contributed by atoms with Crippen molar-refractivity contribution in [1.29, 1.82) is 0 Å². The minimum Gasteiger partial charge on any atom is -0.406 e. The molecule has 1 aromatic heterocycles. The van der Waals surface area contributed by atoms with Crippen LogP contribution in [-0.4, -0.2) is 22.4 Å². The highest BCUT2D eigenvalue weighted by Crippen LogP contribution is 2.32. The lowest BCUT2D eigenvalue weighted by Crippen LogP contribution is -2.17. The Labute approximate surface area is 183 Å². The Hall–Kier alpha value is -3.00. The Kier molecular flexibility index (Phi) is 6.59. The Balaban J connectivity index is 2.04. The first-order valence-corrected chi connectivity index (χ1v) is 9.94. The second-order valence-corrected chi connectivity index (χ2v) is 7.73. The molecule has 0 aliphatic heterocycles. The summed E-state index contributed by atoms with van der Waals surface area (Å²) in [6, 6.07) is 11.1. The molecule has 1 heterocycles. The summed E-state index contributed by atoms with van der Waals surface area (Å²) >= 11 is 6.26. The highest BCUT2D eigenvalue weighted by molar-refractivity contribution is 6.31. The Morgan fingerprint density at radius 2 is 1.77 bits per heavy atom. The van der Waals surface area contributed by atoms with E-state index in [9.17, 15) is 13.2 Å². The zero-order valence-corrected chi connectivity index (χ0v) is 18.2. The monoisotopic (exact) mass is 450 g/mol. The molecule has 0 saturated heterocycles. The van der Waals surface area contributed by atoms with Crippen molar-refractivity contribution in [2.45, 2.75) is 40.1 Å². The molecule has 0 unspecified atom stereocenters. The minimum atomic E-state index is -4.77. The van der Waals surface area contributed by atoms with Crippen LogP contribution in [0.3, 0.4) is 0 Å². The molecular weight excluding hydrogens is 429 g/mol. The van der Waals surface area contributed by atoms with Gasteiger partial charge in [0.05, 0.1) is 5.69 Å². The summed E-state index contributed by atoms with van der Waals surface area (Å²) in [6.07, 6.45) is -4.77. The number of anilines is 3. The first kappa shape index (κ1) is 22.7. The zero-order chi connectivity index (χ0) is 22.8. The molecule has 0 saturated carbocycles. The number of aryl methyl sites for hydroxylation is 1. The zero-order valence-electron chi connectivity index (χ0n) is 17.4. The van der Waals surface area contributed by atoms with Crippen LogP contribution in [0.15, 0.2) is 42.5 Å². The van der Waals surface area contributed by atoms with Crippen molar-refractivity contribution < 1.29 is 17.9 Å². The highest BCUT2D eigenvalue weighted by atomic mass is 35.5. The SMILES string of the molecule is Cc1ccc(Cl)c(C)c1Nc1cc(-c2cccc(OC(F)(F)F)c2)nc(NC(C)C)n1. The average molecular weight is 451 g/mol. The van der Waals surface area contributed by atoms with E-state index in [4.69, 9.17) is 11.6 Å². The number of hydrogen-bond acceptors (Lipinski definition) is 5. The van der Waals surface area contributed by atoms with Crippen molar-refractivity contribution >= 4 is 29.1 Å². The maximum atomic E-state index is 12.6. The second-order valence-electron chi connectivity index (χ2n) is 7.33. The highest BCUT2D eigenvalue weighted by Gasteiger charge is 2.31. The van der Waals surface area contributed by atoms with E-state index >= 15 is 0 Å². The third-order valence-corrected chi connectivity index (χ3v) is 4.78. The fourth-order valence-corrected chi connectivity index (χ4v) is 3.13. The molecule has 0 amide bonds. The van der Waals surface area contributed by atoms with E-state index < -0.39 is 6.36 Å². The summed E-state index contributed by atoms with van der Waals surface area (Å²) in [4.78, 5) is 8.96. The van der Waals surface area contributed by atoms with Gasteiger partial charge in [-0.3, -0.25) is 0 Å². The van der Waals surface area contributed by atoms with Crippen LogP contribution in [0.1, 0.15) is 25.0 Å². The summed E-state index contributed by atoms with van der Waals surface area (Å²) < 4.78 is 41.9. The maximum absolute atomic E-state index is 12.6. The molecule has 0 bridgehead atoms. The Morgan fingerprint density at radius 1 is 1.03 bits per heavy atom. The fraction of sp³-hybridized carbons (Fsp3) is 0.273. The van der Waals surface area contributed by atoms with Gasteiger partial charge in [0, 0.05) is 28.4 Å². The topological polar surface area (TPSA) is 59.1 Å². The van der Waals surface area contributed by atoms with Crippen LogP contribution in [0.2, 0.25) is 5.02 Å². The molecule has 0 fully saturated rings. The molecule has 0 spiro atoms. The summed E-state index contributed by atoms with van der Waals surface area (Å²) in [6.45, 7) is 7.71. The van der Waals surface area contributed by atoms with Crippen molar-refractivity contribution in [3.8, 4) is 17.0 Å². The van der Waals surface area contributed by atoms with Crippen molar-refractivity contribution in [3.05, 3.63) is 58.6 Å². The summed E-state index contributed by atoms with van der Waals surface area (Å²) in [5.41, 5.74) is 3.53. The van der Waals surface area contributed by atoms with Crippen LogP contribution in [0.4, 0.5) is 30.6 Å². The van der Waals surface area contributed by atoms with Gasteiger partial charge in [0.2, 0.25) is 5.95 Å². The van der Waals surface area contributed by atoms with Crippen LogP contribution in [0.25, 0.3) is 11.3 Å². The molecule has 0 aliphatic rings. The number of ether oxygens (including phenoxy) is 1. The fourth-order valence-electron chi connectivity index (χ4n) is 2.98. The van der Waals surface area contributed by atoms with Crippen LogP contribution in [0, 0.1) is 13.8 Å². The number of hydrogen-bond donors (Lipinski definition) is 2. The Morgan fingerprint density at radius 3 is 2.45 bits per heavy atom. The quantitative estimate of drug-likeness (QED) is 0.429. The van der Waals surface area contributed by atoms with Crippen LogP contribution >= 0.6 is 11.6 Å². The minimum absolute atomic E-state index is 0.0534. The van der Waals surface area contributed by atoms with Crippen LogP contribution in [0.5, 0.6) is 5.75 Å². The van der Waals surface area contributed by atoms with Crippen molar-refractivity contribution in [2.24, 2.45) is 0 Å². The molecule has 164 valence electrons. The molecule has 0 atom stereocenters. The molecule has 5 nitrogen and oxygen atoms in total. The number of nitrogens with zero attached hydrogens (tertiary/aromatic N) is 2. The van der Waals surface area contributed by atoms with Gasteiger partial charge >= 0.3 is 6.36 Å². The van der Waals surface area contributed by atoms with Gasteiger partial charge in [-0.05, 0) is 57.0 Å². The average Bonchev–Trinajstić information content (AvgIpc) is 2.66. The van der Waals surface area contributed by atoms with E-state index in [1.807, 2.05) is 39.8 Å². The van der Waals surface area contributed by atoms with E-state index in [2.05, 4.69) is 25.3 Å². The van der Waals surface area contributed by atoms with E-state index in [1.165, 1.54) is 18.2 Å². The number of nitrogens with one attached hydrogen (secondary N) is 2. The van der Waals surface area contributed by atoms with Crippen LogP contribution < -0.4 is 15.4 Å². The van der Waals surface area contributed by atoms with E-state index in [1.54, 1.807) is 12.1 Å². The standard InChI is InChI=1S/C22H22ClF3N4O/c1-12(2)27-21-28-18(15-6-5-7-16(10-15)31-22(24,25)26)11-19(30-21)29-20-13(3)8-9-17(23)14(20)4/h5-12H,1-4H3,(H2,27,28,29,30). The van der Waals surface area contributed by atoms with Crippen molar-refractivity contribution in [2.75, 3.05) is 10.6 Å².